The molecule has 0 bridgehead atoms. The minimum Gasteiger partial charge on any atom is -0.438 e. The van der Waals surface area contributed by atoms with E-state index < -0.39 is 11.6 Å². The summed E-state index contributed by atoms with van der Waals surface area (Å²) in [7, 11) is -0.130. The van der Waals surface area contributed by atoms with Crippen molar-refractivity contribution in [3.63, 3.8) is 0 Å². The molecule has 4 rings (SSSR count). The minimum absolute atomic E-state index is 0.130. The molecule has 3 aromatic carbocycles. The molecule has 2 unspecified atom stereocenters. The van der Waals surface area contributed by atoms with Crippen LogP contribution in [0.1, 0.15) is 22.8 Å². The van der Waals surface area contributed by atoms with Crippen molar-refractivity contribution in [1.82, 2.24) is 0 Å². The molecular weight excluding hydrogens is 390 g/mol. The summed E-state index contributed by atoms with van der Waals surface area (Å²) in [6.45, 7) is 8.73. The fourth-order valence-corrected chi connectivity index (χ4v) is 5.13. The first-order valence-corrected chi connectivity index (χ1v) is 10.6. The lowest BCUT2D eigenvalue weighted by Crippen LogP contribution is -2.27. The Morgan fingerprint density at radius 3 is 2.40 bits per heavy atom. The van der Waals surface area contributed by atoms with Gasteiger partial charge in [-0.2, -0.15) is 0 Å². The van der Waals surface area contributed by atoms with Gasteiger partial charge < -0.3 is 4.74 Å². The van der Waals surface area contributed by atoms with Gasteiger partial charge in [-0.25, -0.2) is 9.64 Å². The highest BCUT2D eigenvalue weighted by atomic mass is 32.2. The van der Waals surface area contributed by atoms with Crippen molar-refractivity contribution in [1.29, 1.82) is 0 Å². The Labute approximate surface area is 178 Å². The summed E-state index contributed by atoms with van der Waals surface area (Å²) in [4.78, 5) is 17.3. The Morgan fingerprint density at radius 1 is 1.03 bits per heavy atom. The van der Waals surface area contributed by atoms with Gasteiger partial charge in [0.25, 0.3) is 0 Å². The van der Waals surface area contributed by atoms with Gasteiger partial charge in [0.05, 0.1) is 12.1 Å². The zero-order valence-corrected chi connectivity index (χ0v) is 17.1. The zero-order valence-electron chi connectivity index (χ0n) is 16.3. The highest BCUT2D eigenvalue weighted by Gasteiger charge is 2.29. The summed E-state index contributed by atoms with van der Waals surface area (Å²) in [6, 6.07) is 24.7. The molecule has 3 nitrogen and oxygen atoms in total. The zero-order chi connectivity index (χ0) is 21.1. The van der Waals surface area contributed by atoms with Crippen LogP contribution in [0.2, 0.25) is 0 Å². The summed E-state index contributed by atoms with van der Waals surface area (Å²) >= 11 is 0. The molecule has 0 aliphatic heterocycles. The van der Waals surface area contributed by atoms with E-state index in [1.165, 1.54) is 10.1 Å². The van der Waals surface area contributed by atoms with E-state index in [-0.39, 0.29) is 10.5 Å². The molecular formula is C26H18NO2S+. The van der Waals surface area contributed by atoms with Crippen LogP contribution in [0.5, 0.6) is 0 Å². The second-order valence-corrected chi connectivity index (χ2v) is 8.79. The molecule has 0 amide bonds. The molecule has 30 heavy (non-hydrogen) atoms. The predicted molar refractivity (Wildman–Crippen MR) is 122 cm³/mol. The van der Waals surface area contributed by atoms with Crippen molar-refractivity contribution in [2.45, 2.75) is 12.5 Å². The Morgan fingerprint density at radius 2 is 1.73 bits per heavy atom. The van der Waals surface area contributed by atoms with Crippen molar-refractivity contribution in [2.24, 2.45) is 0 Å². The van der Waals surface area contributed by atoms with E-state index in [1.807, 2.05) is 24.3 Å². The van der Waals surface area contributed by atoms with Gasteiger partial charge in [0, 0.05) is 27.5 Å². The van der Waals surface area contributed by atoms with Gasteiger partial charge in [-0.1, -0.05) is 42.3 Å². The number of carbonyl (C=O) groups excluding carboxylic acids is 1. The number of fused-ring (bicyclic) bond motifs is 1. The highest BCUT2D eigenvalue weighted by molar-refractivity contribution is 7.43. The van der Waals surface area contributed by atoms with E-state index >= 15 is 0 Å². The molecule has 0 spiro atoms. The number of benzene rings is 3. The molecule has 1 heterocycles. The normalized spacial score (nSPS) is 13.1. The van der Waals surface area contributed by atoms with E-state index in [1.54, 1.807) is 43.3 Å². The number of rotatable bonds is 4. The van der Waals surface area contributed by atoms with E-state index in [9.17, 15) is 4.79 Å². The molecule has 144 valence electrons. The first kappa shape index (κ1) is 19.5. The minimum atomic E-state index is -1.22. The van der Waals surface area contributed by atoms with E-state index in [0.717, 1.165) is 4.90 Å². The van der Waals surface area contributed by atoms with Crippen LogP contribution in [0, 0.1) is 18.9 Å². The summed E-state index contributed by atoms with van der Waals surface area (Å²) in [5, 5.41) is 3.43. The van der Waals surface area contributed by atoms with Gasteiger partial charge in [0.1, 0.15) is 5.38 Å². The Balaban J connectivity index is 1.57. The molecule has 2 atom stereocenters. The number of esters is 1. The third-order valence-electron chi connectivity index (χ3n) is 5.00. The maximum absolute atomic E-state index is 12.8. The van der Waals surface area contributed by atoms with E-state index in [0.29, 0.717) is 16.8 Å². The Hall–Kier alpha value is -3.86. The van der Waals surface area contributed by atoms with Gasteiger partial charge in [0.2, 0.25) is 0 Å². The Kier molecular flexibility index (Phi) is 5.11. The van der Waals surface area contributed by atoms with Crippen LogP contribution in [0.4, 0.5) is 5.69 Å². The average molecular weight is 409 g/mol. The summed E-state index contributed by atoms with van der Waals surface area (Å²) < 4.78 is 6.98. The van der Waals surface area contributed by atoms with Gasteiger partial charge in [-0.15, -0.1) is 6.42 Å². The standard InChI is InChI=1S/C26H18NO2S/c1-4-26(2,21-11-13-22(27-3)14-12-21)29-25(28)20-9-15-23(16-10-20)30-18-17-19-7-5-6-8-24(19)30/h1,5-18H,2H3/q+1. The van der Waals surface area contributed by atoms with E-state index in [4.69, 9.17) is 17.7 Å². The smallest absolute Gasteiger partial charge is 0.339 e. The summed E-state index contributed by atoms with van der Waals surface area (Å²) in [5.74, 6) is 2.09. The number of terminal acetylenes is 1. The number of nitrogens with zero attached hydrogens (tertiary/aromatic N) is 1. The number of ether oxygens (including phenoxy) is 1. The van der Waals surface area contributed by atoms with Crippen LogP contribution < -0.4 is 0 Å². The third kappa shape index (κ3) is 3.57. The molecule has 0 fully saturated rings. The molecule has 0 aliphatic rings. The molecule has 0 radical (unpaired) electrons. The Bertz CT molecular complexity index is 1300. The van der Waals surface area contributed by atoms with Gasteiger partial charge in [0.15, 0.2) is 20.9 Å². The fraction of sp³-hybridized carbons (Fsp3) is 0.0769. The van der Waals surface area contributed by atoms with Crippen molar-refractivity contribution >= 4 is 32.2 Å². The lowest BCUT2D eigenvalue weighted by Gasteiger charge is -2.24. The van der Waals surface area contributed by atoms with Crippen LogP contribution in [-0.2, 0) is 10.3 Å². The number of thiophene rings is 1. The highest BCUT2D eigenvalue weighted by Crippen LogP contribution is 2.39. The lowest BCUT2D eigenvalue weighted by atomic mass is 9.96. The van der Waals surface area contributed by atoms with Crippen LogP contribution in [0.15, 0.2) is 84.2 Å². The first-order chi connectivity index (χ1) is 14.5. The number of hydrogen-bond acceptors (Lipinski definition) is 2. The maximum atomic E-state index is 12.8. The van der Waals surface area contributed by atoms with Crippen molar-refractivity contribution in [2.75, 3.05) is 0 Å². The molecule has 4 heteroatoms. The van der Waals surface area contributed by atoms with Crippen LogP contribution in [0.25, 0.3) is 19.8 Å². The van der Waals surface area contributed by atoms with Crippen molar-refractivity contribution in [3.8, 4) is 17.2 Å². The third-order valence-corrected chi connectivity index (χ3v) is 7.04. The van der Waals surface area contributed by atoms with Crippen LogP contribution in [-0.4, -0.2) is 5.97 Å². The maximum Gasteiger partial charge on any atom is 0.339 e. The molecule has 1 aromatic heterocycles. The second-order valence-electron chi connectivity index (χ2n) is 6.93. The second kappa shape index (κ2) is 7.87. The largest absolute Gasteiger partial charge is 0.438 e. The lowest BCUT2D eigenvalue weighted by molar-refractivity contribution is 0.0129. The van der Waals surface area contributed by atoms with Gasteiger partial charge >= 0.3 is 5.97 Å². The average Bonchev–Trinajstić information content (AvgIpc) is 3.23. The quantitative estimate of drug-likeness (QED) is 0.160. The molecule has 4 aromatic rings. The predicted octanol–water partition coefficient (Wildman–Crippen LogP) is 6.83. The summed E-state index contributed by atoms with van der Waals surface area (Å²) in [6.07, 6.45) is 5.69. The molecule has 0 N–H and O–H groups in total. The van der Waals surface area contributed by atoms with Crippen molar-refractivity contribution in [3.05, 3.63) is 107 Å². The SMILES string of the molecule is [C-]#[N+]c1ccc(C(C)(C#C)OC(=O)c2ccc(-[s+]3ccc4ccccc43)cc2)cc1. The monoisotopic (exact) mass is 408 g/mol. The molecule has 0 aliphatic carbocycles. The fourth-order valence-electron chi connectivity index (χ4n) is 3.25. The van der Waals surface area contributed by atoms with Crippen LogP contribution in [0.3, 0.4) is 0 Å². The first-order valence-electron chi connectivity index (χ1n) is 9.33. The number of hydrogen-bond donors (Lipinski definition) is 0. The number of carbonyl (C=O) groups is 1. The topological polar surface area (TPSA) is 30.7 Å². The molecule has 0 saturated heterocycles. The van der Waals surface area contributed by atoms with E-state index in [2.05, 4.69) is 34.3 Å². The summed E-state index contributed by atoms with van der Waals surface area (Å²) in [5.41, 5.74) is 0.378. The van der Waals surface area contributed by atoms with Gasteiger partial charge in [-0.3, -0.25) is 0 Å². The van der Waals surface area contributed by atoms with Crippen molar-refractivity contribution < 1.29 is 9.53 Å². The van der Waals surface area contributed by atoms with Gasteiger partial charge in [-0.05, 0) is 43.3 Å². The van der Waals surface area contributed by atoms with Crippen LogP contribution >= 0.6 is 10.5 Å². The molecule has 0 saturated carbocycles.